The number of methoxy groups -OCH3 is 2. The molecule has 2 aliphatic heterocycles. The molecule has 0 aliphatic carbocycles. The van der Waals surface area contributed by atoms with Crippen molar-refractivity contribution in [3.05, 3.63) is 0 Å². The van der Waals surface area contributed by atoms with Crippen LogP contribution in [0.5, 0.6) is 0 Å². The third-order valence-electron chi connectivity index (χ3n) is 4.63. The van der Waals surface area contributed by atoms with Gasteiger partial charge < -0.3 is 24.1 Å². The van der Waals surface area contributed by atoms with E-state index >= 15 is 0 Å². The molecular formula is C14H26O5. The monoisotopic (exact) mass is 274 g/mol. The standard InChI is InChI=1S/C14H26O5/c1-13(15,12(16-2)17-3)11-4-7-19-14(10-11)5-8-18-9-6-14/h11-12,15H,4-10H2,1-3H3. The van der Waals surface area contributed by atoms with Gasteiger partial charge >= 0.3 is 0 Å². The van der Waals surface area contributed by atoms with Crippen molar-refractivity contribution in [2.24, 2.45) is 5.92 Å². The van der Waals surface area contributed by atoms with Gasteiger partial charge in [0.2, 0.25) is 0 Å². The average Bonchev–Trinajstić information content (AvgIpc) is 2.41. The van der Waals surface area contributed by atoms with E-state index < -0.39 is 11.9 Å². The molecule has 112 valence electrons. The van der Waals surface area contributed by atoms with E-state index in [0.717, 1.165) is 38.9 Å². The Hall–Kier alpha value is -0.200. The predicted octanol–water partition coefficient (Wildman–Crippen LogP) is 1.33. The van der Waals surface area contributed by atoms with Gasteiger partial charge in [-0.2, -0.15) is 0 Å². The molecule has 0 amide bonds. The van der Waals surface area contributed by atoms with Crippen LogP contribution in [0, 0.1) is 5.92 Å². The Balaban J connectivity index is 2.07. The fourth-order valence-electron chi connectivity index (χ4n) is 3.38. The van der Waals surface area contributed by atoms with Crippen LogP contribution in [0.3, 0.4) is 0 Å². The van der Waals surface area contributed by atoms with Crippen molar-refractivity contribution in [3.8, 4) is 0 Å². The molecule has 0 aromatic heterocycles. The maximum atomic E-state index is 10.8. The van der Waals surface area contributed by atoms with E-state index in [9.17, 15) is 5.11 Å². The minimum atomic E-state index is -1.00. The van der Waals surface area contributed by atoms with Crippen molar-refractivity contribution in [1.82, 2.24) is 0 Å². The van der Waals surface area contributed by atoms with Gasteiger partial charge in [-0.15, -0.1) is 0 Å². The van der Waals surface area contributed by atoms with Crippen LogP contribution in [0.1, 0.15) is 32.6 Å². The second kappa shape index (κ2) is 6.06. The molecule has 2 fully saturated rings. The molecule has 1 N–H and O–H groups in total. The van der Waals surface area contributed by atoms with Gasteiger partial charge in [-0.05, 0) is 38.5 Å². The molecule has 2 aliphatic rings. The van der Waals surface area contributed by atoms with Crippen LogP contribution in [0.4, 0.5) is 0 Å². The highest BCUT2D eigenvalue weighted by molar-refractivity contribution is 4.96. The molecule has 2 saturated heterocycles. The van der Waals surface area contributed by atoms with E-state index in [1.807, 2.05) is 0 Å². The molecule has 2 rings (SSSR count). The van der Waals surface area contributed by atoms with E-state index in [-0.39, 0.29) is 11.5 Å². The van der Waals surface area contributed by atoms with Crippen LogP contribution in [-0.4, -0.2) is 56.6 Å². The summed E-state index contributed by atoms with van der Waals surface area (Å²) < 4.78 is 21.9. The molecule has 5 nitrogen and oxygen atoms in total. The first kappa shape index (κ1) is 15.2. The first-order valence-electron chi connectivity index (χ1n) is 7.04. The molecule has 2 atom stereocenters. The summed E-state index contributed by atoms with van der Waals surface area (Å²) in [7, 11) is 3.12. The maximum absolute atomic E-state index is 10.8. The van der Waals surface area contributed by atoms with Gasteiger partial charge in [-0.1, -0.05) is 0 Å². The van der Waals surface area contributed by atoms with Crippen LogP contribution in [0.15, 0.2) is 0 Å². The maximum Gasteiger partial charge on any atom is 0.185 e. The summed E-state index contributed by atoms with van der Waals surface area (Å²) in [6.45, 7) is 3.97. The first-order valence-corrected chi connectivity index (χ1v) is 7.04. The van der Waals surface area contributed by atoms with Crippen molar-refractivity contribution in [1.29, 1.82) is 0 Å². The van der Waals surface area contributed by atoms with Gasteiger partial charge in [0.05, 0.1) is 5.60 Å². The van der Waals surface area contributed by atoms with Gasteiger partial charge in [-0.25, -0.2) is 0 Å². The second-order valence-electron chi connectivity index (χ2n) is 5.86. The first-order chi connectivity index (χ1) is 9.04. The topological polar surface area (TPSA) is 57.2 Å². The van der Waals surface area contributed by atoms with E-state index in [1.165, 1.54) is 0 Å². The Morgan fingerprint density at radius 1 is 1.21 bits per heavy atom. The van der Waals surface area contributed by atoms with E-state index in [1.54, 1.807) is 21.1 Å². The highest BCUT2D eigenvalue weighted by atomic mass is 16.7. The number of hydrogen-bond acceptors (Lipinski definition) is 5. The molecule has 5 heteroatoms. The third-order valence-corrected chi connectivity index (χ3v) is 4.63. The Morgan fingerprint density at radius 2 is 1.84 bits per heavy atom. The van der Waals surface area contributed by atoms with E-state index in [0.29, 0.717) is 6.61 Å². The summed E-state index contributed by atoms with van der Waals surface area (Å²) in [6, 6.07) is 0. The van der Waals surface area contributed by atoms with Crippen molar-refractivity contribution in [3.63, 3.8) is 0 Å². The van der Waals surface area contributed by atoms with Gasteiger partial charge in [0.15, 0.2) is 6.29 Å². The van der Waals surface area contributed by atoms with Gasteiger partial charge in [0.25, 0.3) is 0 Å². The zero-order valence-electron chi connectivity index (χ0n) is 12.2. The van der Waals surface area contributed by atoms with E-state index in [2.05, 4.69) is 0 Å². The minimum Gasteiger partial charge on any atom is -0.385 e. The van der Waals surface area contributed by atoms with Crippen molar-refractivity contribution >= 4 is 0 Å². The van der Waals surface area contributed by atoms with Crippen molar-refractivity contribution in [2.45, 2.75) is 50.1 Å². The normalized spacial score (nSPS) is 30.5. The molecule has 0 bridgehead atoms. The lowest BCUT2D eigenvalue weighted by Crippen LogP contribution is -2.54. The lowest BCUT2D eigenvalue weighted by atomic mass is 9.73. The largest absolute Gasteiger partial charge is 0.385 e. The SMILES string of the molecule is COC(OC)C(C)(O)C1CCOC2(CCOCC2)C1. The summed E-state index contributed by atoms with van der Waals surface area (Å²) in [5, 5.41) is 10.8. The highest BCUT2D eigenvalue weighted by Gasteiger charge is 2.48. The van der Waals surface area contributed by atoms with Crippen LogP contribution >= 0.6 is 0 Å². The molecular weight excluding hydrogens is 248 g/mol. The smallest absolute Gasteiger partial charge is 0.185 e. The lowest BCUT2D eigenvalue weighted by Gasteiger charge is -2.48. The summed E-state index contributed by atoms with van der Waals surface area (Å²) in [6.07, 6.45) is 2.88. The third kappa shape index (κ3) is 3.11. The van der Waals surface area contributed by atoms with Gasteiger partial charge in [-0.3, -0.25) is 0 Å². The molecule has 2 unspecified atom stereocenters. The molecule has 0 radical (unpaired) electrons. The zero-order valence-corrected chi connectivity index (χ0v) is 12.2. The Labute approximate surface area is 115 Å². The van der Waals surface area contributed by atoms with Crippen LogP contribution in [0.25, 0.3) is 0 Å². The summed E-state index contributed by atoms with van der Waals surface area (Å²) >= 11 is 0. The second-order valence-corrected chi connectivity index (χ2v) is 5.86. The molecule has 19 heavy (non-hydrogen) atoms. The zero-order chi connectivity index (χ0) is 13.9. The molecule has 1 spiro atoms. The van der Waals surface area contributed by atoms with Gasteiger partial charge in [0, 0.05) is 34.0 Å². The quantitative estimate of drug-likeness (QED) is 0.784. The fourth-order valence-corrected chi connectivity index (χ4v) is 3.38. The van der Waals surface area contributed by atoms with Crippen molar-refractivity contribution in [2.75, 3.05) is 34.0 Å². The fraction of sp³-hybridized carbons (Fsp3) is 1.00. The minimum absolute atomic E-state index is 0.115. The predicted molar refractivity (Wildman–Crippen MR) is 69.9 cm³/mol. The molecule has 0 aromatic carbocycles. The van der Waals surface area contributed by atoms with Crippen molar-refractivity contribution < 1.29 is 24.1 Å². The number of rotatable bonds is 4. The summed E-state index contributed by atoms with van der Waals surface area (Å²) in [4.78, 5) is 0. The van der Waals surface area contributed by atoms with Crippen LogP contribution in [-0.2, 0) is 18.9 Å². The summed E-state index contributed by atoms with van der Waals surface area (Å²) in [5.41, 5.74) is -1.13. The highest BCUT2D eigenvalue weighted by Crippen LogP contribution is 2.42. The lowest BCUT2D eigenvalue weighted by molar-refractivity contribution is -0.250. The van der Waals surface area contributed by atoms with Gasteiger partial charge in [0.1, 0.15) is 5.60 Å². The number of ether oxygens (including phenoxy) is 4. The number of aliphatic hydroxyl groups is 1. The van der Waals surface area contributed by atoms with Crippen LogP contribution < -0.4 is 0 Å². The Morgan fingerprint density at radius 3 is 2.42 bits per heavy atom. The number of hydrogen-bond donors (Lipinski definition) is 1. The molecule has 0 saturated carbocycles. The molecule has 0 aromatic rings. The Kier molecular flexibility index (Phi) is 4.84. The average molecular weight is 274 g/mol. The van der Waals surface area contributed by atoms with Crippen LogP contribution in [0.2, 0.25) is 0 Å². The Bertz CT molecular complexity index is 276. The molecule has 2 heterocycles. The van der Waals surface area contributed by atoms with E-state index in [4.69, 9.17) is 18.9 Å². The summed E-state index contributed by atoms with van der Waals surface area (Å²) in [5.74, 6) is 0.115.